The SMILES string of the molecule is CC1(C)C2CC(N3C(=O)c4ccccc4C3=O)C(C=O)C1C2. The average Bonchev–Trinajstić information content (AvgIpc) is 2.78. The van der Waals surface area contributed by atoms with Crippen molar-refractivity contribution in [1.82, 2.24) is 4.90 Å². The standard InChI is InChI=1S/C18H19NO3/c1-18(2)10-7-14(18)13(9-20)15(8-10)19-16(21)11-5-3-4-6-12(11)17(19)22/h3-6,9-10,13-15H,7-8H2,1-2H3. The topological polar surface area (TPSA) is 54.5 Å². The van der Waals surface area contributed by atoms with Gasteiger partial charge in [0, 0.05) is 5.92 Å². The van der Waals surface area contributed by atoms with Crippen molar-refractivity contribution in [2.24, 2.45) is 23.2 Å². The van der Waals surface area contributed by atoms with Crippen molar-refractivity contribution in [2.45, 2.75) is 32.7 Å². The van der Waals surface area contributed by atoms with E-state index in [0.717, 1.165) is 19.1 Å². The molecule has 1 aliphatic heterocycles. The van der Waals surface area contributed by atoms with Crippen LogP contribution in [0.4, 0.5) is 0 Å². The Labute approximate surface area is 129 Å². The van der Waals surface area contributed by atoms with Crippen molar-refractivity contribution >= 4 is 18.1 Å². The largest absolute Gasteiger partial charge is 0.303 e. The summed E-state index contributed by atoms with van der Waals surface area (Å²) in [6, 6.07) is 6.65. The molecule has 22 heavy (non-hydrogen) atoms. The average molecular weight is 297 g/mol. The van der Waals surface area contributed by atoms with E-state index in [1.807, 2.05) is 0 Å². The third-order valence-corrected chi connectivity index (χ3v) is 6.30. The van der Waals surface area contributed by atoms with Gasteiger partial charge in [0.2, 0.25) is 0 Å². The fourth-order valence-electron chi connectivity index (χ4n) is 4.80. The van der Waals surface area contributed by atoms with Crippen LogP contribution in [0.25, 0.3) is 0 Å². The van der Waals surface area contributed by atoms with Crippen LogP contribution in [0.3, 0.4) is 0 Å². The number of rotatable bonds is 2. The van der Waals surface area contributed by atoms with E-state index >= 15 is 0 Å². The molecule has 1 aromatic carbocycles. The molecule has 4 aliphatic rings. The van der Waals surface area contributed by atoms with Crippen LogP contribution in [0.1, 0.15) is 47.4 Å². The lowest BCUT2D eigenvalue weighted by Crippen LogP contribution is -2.62. The molecular weight excluding hydrogens is 278 g/mol. The van der Waals surface area contributed by atoms with Gasteiger partial charge in [0.15, 0.2) is 0 Å². The van der Waals surface area contributed by atoms with Crippen molar-refractivity contribution in [3.8, 4) is 0 Å². The van der Waals surface area contributed by atoms with Gasteiger partial charge in [-0.15, -0.1) is 0 Å². The first kappa shape index (κ1) is 13.7. The van der Waals surface area contributed by atoms with Gasteiger partial charge in [-0.25, -0.2) is 0 Å². The van der Waals surface area contributed by atoms with Gasteiger partial charge in [0.05, 0.1) is 17.2 Å². The van der Waals surface area contributed by atoms with E-state index in [2.05, 4.69) is 13.8 Å². The Kier molecular flexibility index (Phi) is 2.66. The highest BCUT2D eigenvalue weighted by molar-refractivity contribution is 6.21. The number of amides is 2. The van der Waals surface area contributed by atoms with Crippen LogP contribution in [0, 0.1) is 23.2 Å². The van der Waals surface area contributed by atoms with Crippen molar-refractivity contribution in [1.29, 1.82) is 0 Å². The molecule has 4 nitrogen and oxygen atoms in total. The second-order valence-electron chi connectivity index (χ2n) is 7.40. The van der Waals surface area contributed by atoms with E-state index in [9.17, 15) is 14.4 Å². The summed E-state index contributed by atoms with van der Waals surface area (Å²) in [5, 5.41) is 0. The van der Waals surface area contributed by atoms with Crippen molar-refractivity contribution in [2.75, 3.05) is 0 Å². The molecule has 4 unspecified atom stereocenters. The third-order valence-electron chi connectivity index (χ3n) is 6.30. The molecule has 0 N–H and O–H groups in total. The number of hydrogen-bond donors (Lipinski definition) is 0. The summed E-state index contributed by atoms with van der Waals surface area (Å²) in [6.45, 7) is 4.39. The molecule has 0 saturated heterocycles. The molecule has 0 aromatic heterocycles. The predicted molar refractivity (Wildman–Crippen MR) is 80.3 cm³/mol. The number of imide groups is 1. The van der Waals surface area contributed by atoms with Crippen LogP contribution >= 0.6 is 0 Å². The monoisotopic (exact) mass is 297 g/mol. The van der Waals surface area contributed by atoms with Crippen LogP contribution in [0.15, 0.2) is 24.3 Å². The minimum Gasteiger partial charge on any atom is -0.303 e. The molecule has 5 rings (SSSR count). The summed E-state index contributed by atoms with van der Waals surface area (Å²) in [7, 11) is 0. The van der Waals surface area contributed by atoms with E-state index in [0.29, 0.717) is 17.0 Å². The maximum absolute atomic E-state index is 12.6. The summed E-state index contributed by atoms with van der Waals surface area (Å²) < 4.78 is 0. The van der Waals surface area contributed by atoms with E-state index in [1.165, 1.54) is 4.90 Å². The molecule has 3 fully saturated rings. The molecule has 114 valence electrons. The van der Waals surface area contributed by atoms with Gasteiger partial charge >= 0.3 is 0 Å². The van der Waals surface area contributed by atoms with Gasteiger partial charge in [-0.3, -0.25) is 14.5 Å². The number of aldehydes is 1. The Hall–Kier alpha value is -1.97. The third kappa shape index (κ3) is 1.50. The molecule has 0 radical (unpaired) electrons. The van der Waals surface area contributed by atoms with E-state index < -0.39 is 0 Å². The van der Waals surface area contributed by atoms with Gasteiger partial charge < -0.3 is 4.79 Å². The van der Waals surface area contributed by atoms with E-state index in [1.54, 1.807) is 24.3 Å². The van der Waals surface area contributed by atoms with Gasteiger partial charge in [0.25, 0.3) is 11.8 Å². The zero-order valence-corrected chi connectivity index (χ0v) is 12.8. The number of nitrogens with zero attached hydrogens (tertiary/aromatic N) is 1. The zero-order chi connectivity index (χ0) is 15.6. The fraction of sp³-hybridized carbons (Fsp3) is 0.500. The highest BCUT2D eigenvalue weighted by atomic mass is 16.2. The lowest BCUT2D eigenvalue weighted by atomic mass is 9.44. The number of benzene rings is 1. The van der Waals surface area contributed by atoms with E-state index in [4.69, 9.17) is 0 Å². The number of hydrogen-bond acceptors (Lipinski definition) is 3. The smallest absolute Gasteiger partial charge is 0.261 e. The van der Waals surface area contributed by atoms with Crippen LogP contribution in [-0.2, 0) is 4.79 Å². The lowest BCUT2D eigenvalue weighted by Gasteiger charge is -2.62. The fourth-order valence-corrected chi connectivity index (χ4v) is 4.80. The minimum atomic E-state index is -0.276. The van der Waals surface area contributed by atoms with Gasteiger partial charge in [-0.2, -0.15) is 0 Å². The Balaban J connectivity index is 1.71. The van der Waals surface area contributed by atoms with Crippen molar-refractivity contribution in [3.05, 3.63) is 35.4 Å². The highest BCUT2D eigenvalue weighted by Crippen LogP contribution is 2.62. The minimum absolute atomic E-state index is 0.140. The molecule has 4 heteroatoms. The second-order valence-corrected chi connectivity index (χ2v) is 7.40. The Morgan fingerprint density at radius 2 is 1.68 bits per heavy atom. The van der Waals surface area contributed by atoms with Crippen LogP contribution in [-0.4, -0.2) is 29.0 Å². The number of carbonyl (C=O) groups is 3. The quantitative estimate of drug-likeness (QED) is 0.622. The zero-order valence-electron chi connectivity index (χ0n) is 12.8. The molecule has 4 atom stereocenters. The maximum atomic E-state index is 12.6. The molecular formula is C18H19NO3. The Morgan fingerprint density at radius 3 is 2.18 bits per heavy atom. The molecule has 2 amide bonds. The van der Waals surface area contributed by atoms with Gasteiger partial charge in [0.1, 0.15) is 6.29 Å². The van der Waals surface area contributed by atoms with Gasteiger partial charge in [-0.1, -0.05) is 26.0 Å². The first-order chi connectivity index (χ1) is 10.5. The molecule has 3 saturated carbocycles. The molecule has 1 heterocycles. The highest BCUT2D eigenvalue weighted by Gasteiger charge is 2.60. The molecule has 1 aromatic rings. The summed E-state index contributed by atoms with van der Waals surface area (Å²) in [5.74, 6) is 0.0522. The maximum Gasteiger partial charge on any atom is 0.261 e. The predicted octanol–water partition coefficient (Wildman–Crippen LogP) is 2.53. The van der Waals surface area contributed by atoms with Crippen molar-refractivity contribution in [3.63, 3.8) is 0 Å². The first-order valence-corrected chi connectivity index (χ1v) is 7.89. The molecule has 2 bridgehead atoms. The number of carbonyl (C=O) groups excluding carboxylic acids is 3. The second kappa shape index (κ2) is 4.28. The summed E-state index contributed by atoms with van der Waals surface area (Å²) in [4.78, 5) is 38.3. The Bertz CT molecular complexity index is 658. The molecule has 3 aliphatic carbocycles. The van der Waals surface area contributed by atoms with E-state index in [-0.39, 0.29) is 35.1 Å². The number of fused-ring (bicyclic) bond motifs is 3. The normalized spacial score (nSPS) is 35.1. The van der Waals surface area contributed by atoms with Crippen LogP contribution < -0.4 is 0 Å². The van der Waals surface area contributed by atoms with Crippen LogP contribution in [0.5, 0.6) is 0 Å². The summed E-state index contributed by atoms with van der Waals surface area (Å²) >= 11 is 0. The lowest BCUT2D eigenvalue weighted by molar-refractivity contribution is -0.147. The van der Waals surface area contributed by atoms with Gasteiger partial charge in [-0.05, 0) is 42.2 Å². The summed E-state index contributed by atoms with van der Waals surface area (Å²) in [6.07, 6.45) is 2.75. The Morgan fingerprint density at radius 1 is 1.09 bits per heavy atom. The molecule has 0 spiro atoms. The van der Waals surface area contributed by atoms with Crippen LogP contribution in [0.2, 0.25) is 0 Å². The first-order valence-electron chi connectivity index (χ1n) is 7.89. The summed E-state index contributed by atoms with van der Waals surface area (Å²) in [5.41, 5.74) is 1.08. The van der Waals surface area contributed by atoms with Crippen molar-refractivity contribution < 1.29 is 14.4 Å².